The molecule has 0 spiro atoms. The van der Waals surface area contributed by atoms with E-state index in [0.717, 1.165) is 18.4 Å². The third-order valence-electron chi connectivity index (χ3n) is 5.99. The van der Waals surface area contributed by atoms with Gasteiger partial charge < -0.3 is 24.4 Å². The maximum absolute atomic E-state index is 12.9. The van der Waals surface area contributed by atoms with Crippen molar-refractivity contribution in [1.82, 2.24) is 19.8 Å². The number of hydrogen-bond donors (Lipinski definition) is 1. The van der Waals surface area contributed by atoms with Gasteiger partial charge in [-0.15, -0.1) is 0 Å². The summed E-state index contributed by atoms with van der Waals surface area (Å²) < 4.78 is 17.4. The number of carbonyl (C=O) groups is 3. The van der Waals surface area contributed by atoms with Crippen LogP contribution in [0.2, 0.25) is 0 Å². The summed E-state index contributed by atoms with van der Waals surface area (Å²) in [5, 5.41) is 4.11. The number of nitrogens with zero attached hydrogens (tertiary/aromatic N) is 3. The van der Waals surface area contributed by atoms with Crippen molar-refractivity contribution >= 4 is 29.2 Å². The molecule has 0 unspecified atom stereocenters. The Hall–Kier alpha value is -3.14. The van der Waals surface area contributed by atoms with Crippen molar-refractivity contribution in [3.05, 3.63) is 29.6 Å². The van der Waals surface area contributed by atoms with Gasteiger partial charge in [0.25, 0.3) is 0 Å². The Balaban J connectivity index is 1.83. The minimum Gasteiger partial charge on any atom is -0.465 e. The van der Waals surface area contributed by atoms with E-state index in [4.69, 9.17) is 14.2 Å². The molecule has 0 bridgehead atoms. The number of fused-ring (bicyclic) bond motifs is 1. The summed E-state index contributed by atoms with van der Waals surface area (Å²) in [5.74, 6) is -0.512. The normalized spacial score (nSPS) is 16.1. The van der Waals surface area contributed by atoms with Crippen LogP contribution in [0.1, 0.15) is 77.2 Å². The van der Waals surface area contributed by atoms with Gasteiger partial charge in [-0.2, -0.15) is 0 Å². The van der Waals surface area contributed by atoms with E-state index in [1.807, 2.05) is 20.8 Å². The number of piperidine rings is 1. The zero-order chi connectivity index (χ0) is 26.9. The van der Waals surface area contributed by atoms with E-state index in [0.29, 0.717) is 36.2 Å². The molecule has 1 aliphatic rings. The van der Waals surface area contributed by atoms with Crippen molar-refractivity contribution in [3.63, 3.8) is 0 Å². The van der Waals surface area contributed by atoms with Gasteiger partial charge in [0.1, 0.15) is 11.2 Å². The molecule has 0 radical (unpaired) electrons. The van der Waals surface area contributed by atoms with Crippen LogP contribution in [0.4, 0.5) is 9.59 Å². The first kappa shape index (κ1) is 27.4. The lowest BCUT2D eigenvalue weighted by Crippen LogP contribution is -2.53. The molecule has 1 saturated heterocycles. The number of amides is 1. The molecule has 3 rings (SSSR count). The van der Waals surface area contributed by atoms with Crippen LogP contribution >= 0.6 is 0 Å². The smallest absolute Gasteiger partial charge is 0.420 e. The fraction of sp³-hybridized carbons (Fsp3) is 0.615. The highest BCUT2D eigenvalue weighted by Gasteiger charge is 2.34. The Labute approximate surface area is 212 Å². The maximum atomic E-state index is 12.9. The van der Waals surface area contributed by atoms with Crippen LogP contribution in [0.3, 0.4) is 0 Å². The summed E-state index contributed by atoms with van der Waals surface area (Å²) in [6, 6.07) is 1.58. The van der Waals surface area contributed by atoms with Crippen LogP contribution in [0.15, 0.2) is 18.5 Å². The fourth-order valence-corrected chi connectivity index (χ4v) is 4.09. The minimum atomic E-state index is -0.693. The predicted octanol–water partition coefficient (Wildman–Crippen LogP) is 4.49. The fourth-order valence-electron chi connectivity index (χ4n) is 4.09. The average molecular weight is 503 g/mol. The second-order valence-electron chi connectivity index (χ2n) is 11.4. The SMILES string of the molecule is COC(=O)c1ccnc2c1c(CNC1(C)CCN(C(=O)OC(C)(C)C)CC1)cn2C(=O)OC(C)(C)C. The number of nitrogens with one attached hydrogen (secondary N) is 1. The molecule has 198 valence electrons. The monoisotopic (exact) mass is 502 g/mol. The summed E-state index contributed by atoms with van der Waals surface area (Å²) in [6.45, 7) is 14.5. The summed E-state index contributed by atoms with van der Waals surface area (Å²) in [4.78, 5) is 44.0. The first-order valence-electron chi connectivity index (χ1n) is 12.2. The van der Waals surface area contributed by atoms with Crippen LogP contribution in [0, 0.1) is 0 Å². The standard InChI is InChI=1S/C26H38N4O6/c1-24(2,3)35-22(32)29-13-10-26(7,11-14-29)28-15-17-16-30(23(33)36-25(4,5)6)20-19(17)18(9-12-27-20)21(31)34-8/h9,12,16,28H,10-11,13-15H2,1-8H3. The van der Waals surface area contributed by atoms with Gasteiger partial charge >= 0.3 is 18.2 Å². The van der Waals surface area contributed by atoms with Crippen LogP contribution in [-0.4, -0.2) is 69.5 Å². The Bertz CT molecular complexity index is 1130. The molecule has 0 atom stereocenters. The number of esters is 1. The lowest BCUT2D eigenvalue weighted by Gasteiger charge is -2.40. The molecule has 10 nitrogen and oxygen atoms in total. The molecule has 0 aliphatic carbocycles. The Morgan fingerprint density at radius 2 is 1.61 bits per heavy atom. The molecule has 1 fully saturated rings. The lowest BCUT2D eigenvalue weighted by molar-refractivity contribution is 0.0156. The van der Waals surface area contributed by atoms with Gasteiger partial charge in [-0.25, -0.2) is 23.9 Å². The van der Waals surface area contributed by atoms with E-state index >= 15 is 0 Å². The number of hydrogen-bond acceptors (Lipinski definition) is 8. The molecular formula is C26H38N4O6. The molecule has 1 amide bonds. The maximum Gasteiger partial charge on any atom is 0.420 e. The highest BCUT2D eigenvalue weighted by atomic mass is 16.6. The molecule has 10 heteroatoms. The van der Waals surface area contributed by atoms with E-state index in [1.165, 1.54) is 17.9 Å². The first-order chi connectivity index (χ1) is 16.6. The summed E-state index contributed by atoms with van der Waals surface area (Å²) in [7, 11) is 1.32. The number of aromatic nitrogens is 2. The number of methoxy groups -OCH3 is 1. The molecule has 36 heavy (non-hydrogen) atoms. The van der Waals surface area contributed by atoms with Crippen molar-refractivity contribution in [2.24, 2.45) is 0 Å². The predicted molar refractivity (Wildman–Crippen MR) is 135 cm³/mol. The average Bonchev–Trinajstić information content (AvgIpc) is 3.14. The van der Waals surface area contributed by atoms with Gasteiger partial charge in [0.05, 0.1) is 12.7 Å². The van der Waals surface area contributed by atoms with Crippen molar-refractivity contribution in [1.29, 1.82) is 0 Å². The van der Waals surface area contributed by atoms with Crippen molar-refractivity contribution < 1.29 is 28.6 Å². The van der Waals surface area contributed by atoms with Gasteiger partial charge in [0, 0.05) is 43.0 Å². The first-order valence-corrected chi connectivity index (χ1v) is 12.2. The van der Waals surface area contributed by atoms with E-state index in [9.17, 15) is 14.4 Å². The van der Waals surface area contributed by atoms with Crippen LogP contribution in [0.25, 0.3) is 11.0 Å². The quantitative estimate of drug-likeness (QED) is 0.481. The van der Waals surface area contributed by atoms with Crippen LogP contribution < -0.4 is 5.32 Å². The number of rotatable bonds is 4. The third-order valence-corrected chi connectivity index (χ3v) is 5.99. The topological polar surface area (TPSA) is 112 Å². The molecule has 1 N–H and O–H groups in total. The van der Waals surface area contributed by atoms with Crippen molar-refractivity contribution in [2.75, 3.05) is 20.2 Å². The summed E-state index contributed by atoms with van der Waals surface area (Å²) >= 11 is 0. The molecular weight excluding hydrogens is 464 g/mol. The number of ether oxygens (including phenoxy) is 3. The molecule has 0 aromatic carbocycles. The van der Waals surface area contributed by atoms with E-state index < -0.39 is 23.3 Å². The Kier molecular flexibility index (Phi) is 7.69. The molecule has 0 saturated carbocycles. The third kappa shape index (κ3) is 6.54. The van der Waals surface area contributed by atoms with Crippen molar-refractivity contribution in [3.8, 4) is 0 Å². The Morgan fingerprint density at radius 3 is 2.17 bits per heavy atom. The van der Waals surface area contributed by atoms with Crippen LogP contribution in [0.5, 0.6) is 0 Å². The van der Waals surface area contributed by atoms with Crippen molar-refractivity contribution in [2.45, 2.75) is 84.6 Å². The van der Waals surface area contributed by atoms with E-state index in [2.05, 4.69) is 17.2 Å². The van der Waals surface area contributed by atoms with Gasteiger partial charge in [-0.1, -0.05) is 0 Å². The zero-order valence-corrected chi connectivity index (χ0v) is 22.6. The lowest BCUT2D eigenvalue weighted by atomic mass is 9.89. The molecule has 3 heterocycles. The molecule has 2 aromatic heterocycles. The summed E-state index contributed by atoms with van der Waals surface area (Å²) in [6.07, 6.45) is 3.69. The van der Waals surface area contributed by atoms with E-state index in [-0.39, 0.29) is 11.6 Å². The number of likely N-dealkylation sites (tertiary alicyclic amines) is 1. The largest absolute Gasteiger partial charge is 0.465 e. The second kappa shape index (κ2) is 10.1. The summed E-state index contributed by atoms with van der Waals surface area (Å²) in [5.41, 5.74) is -0.113. The molecule has 1 aliphatic heterocycles. The van der Waals surface area contributed by atoms with Crippen LogP contribution in [-0.2, 0) is 20.8 Å². The Morgan fingerprint density at radius 1 is 1.03 bits per heavy atom. The van der Waals surface area contributed by atoms with Gasteiger partial charge in [0.15, 0.2) is 5.65 Å². The zero-order valence-electron chi connectivity index (χ0n) is 22.6. The molecule has 2 aromatic rings. The van der Waals surface area contributed by atoms with Gasteiger partial charge in [0.2, 0.25) is 0 Å². The van der Waals surface area contributed by atoms with Gasteiger partial charge in [-0.3, -0.25) is 0 Å². The van der Waals surface area contributed by atoms with Gasteiger partial charge in [-0.05, 0) is 72.9 Å². The number of pyridine rings is 1. The second-order valence-corrected chi connectivity index (χ2v) is 11.4. The minimum absolute atomic E-state index is 0.257. The highest BCUT2D eigenvalue weighted by Crippen LogP contribution is 2.28. The van der Waals surface area contributed by atoms with E-state index in [1.54, 1.807) is 37.9 Å². The highest BCUT2D eigenvalue weighted by molar-refractivity contribution is 6.05. The number of carbonyl (C=O) groups excluding carboxylic acids is 3.